The molecule has 2 aromatic carbocycles. The summed E-state index contributed by atoms with van der Waals surface area (Å²) in [6.07, 6.45) is 1.98. The van der Waals surface area contributed by atoms with Crippen molar-refractivity contribution < 1.29 is 18.0 Å². The zero-order valence-electron chi connectivity index (χ0n) is 14.6. The monoisotopic (exact) mass is 387 g/mol. The summed E-state index contributed by atoms with van der Waals surface area (Å²) in [4.78, 5) is 24.3. The Morgan fingerprint density at radius 1 is 1.00 bits per heavy atom. The SMILES string of the molecule is O=C(Nc1cccc(C(=O)NCCS(=O)(=O)c2ccccc2)c1)NC1CC1. The first-order chi connectivity index (χ1) is 12.9. The third kappa shape index (κ3) is 5.55. The summed E-state index contributed by atoms with van der Waals surface area (Å²) in [6, 6.07) is 14.5. The van der Waals surface area contributed by atoms with Crippen molar-refractivity contribution in [2.45, 2.75) is 23.8 Å². The second-order valence-electron chi connectivity index (χ2n) is 6.34. The van der Waals surface area contributed by atoms with Crippen LogP contribution in [0.5, 0.6) is 0 Å². The third-order valence-corrected chi connectivity index (χ3v) is 5.79. The molecule has 0 atom stereocenters. The molecule has 3 rings (SSSR count). The molecule has 1 aliphatic carbocycles. The van der Waals surface area contributed by atoms with Crippen LogP contribution in [0.4, 0.5) is 10.5 Å². The lowest BCUT2D eigenvalue weighted by atomic mass is 10.2. The lowest BCUT2D eigenvalue weighted by Crippen LogP contribution is -2.31. The number of rotatable bonds is 7. The molecule has 0 bridgehead atoms. The van der Waals surface area contributed by atoms with Crippen molar-refractivity contribution in [3.05, 3.63) is 60.2 Å². The highest BCUT2D eigenvalue weighted by Crippen LogP contribution is 2.19. The fourth-order valence-electron chi connectivity index (χ4n) is 2.47. The molecule has 0 aromatic heterocycles. The van der Waals surface area contributed by atoms with Crippen LogP contribution >= 0.6 is 0 Å². The molecule has 7 nitrogen and oxygen atoms in total. The van der Waals surface area contributed by atoms with Crippen LogP contribution < -0.4 is 16.0 Å². The third-order valence-electron chi connectivity index (χ3n) is 4.05. The maximum Gasteiger partial charge on any atom is 0.319 e. The van der Waals surface area contributed by atoms with Gasteiger partial charge >= 0.3 is 6.03 Å². The van der Waals surface area contributed by atoms with Gasteiger partial charge in [0.1, 0.15) is 0 Å². The van der Waals surface area contributed by atoms with E-state index in [4.69, 9.17) is 0 Å². The first-order valence-corrected chi connectivity index (χ1v) is 10.3. The lowest BCUT2D eigenvalue weighted by molar-refractivity contribution is 0.0956. The minimum atomic E-state index is -3.45. The van der Waals surface area contributed by atoms with E-state index in [9.17, 15) is 18.0 Å². The molecule has 3 amide bonds. The van der Waals surface area contributed by atoms with Crippen LogP contribution in [0.3, 0.4) is 0 Å². The molecule has 142 valence electrons. The normalized spacial score (nSPS) is 13.6. The fourth-order valence-corrected chi connectivity index (χ4v) is 3.64. The van der Waals surface area contributed by atoms with E-state index in [0.29, 0.717) is 11.3 Å². The maximum atomic E-state index is 12.3. The van der Waals surface area contributed by atoms with E-state index in [0.717, 1.165) is 12.8 Å². The van der Waals surface area contributed by atoms with Gasteiger partial charge in [-0.15, -0.1) is 0 Å². The van der Waals surface area contributed by atoms with E-state index in [1.807, 2.05) is 0 Å². The lowest BCUT2D eigenvalue weighted by Gasteiger charge is -2.09. The summed E-state index contributed by atoms with van der Waals surface area (Å²) in [7, 11) is -3.45. The van der Waals surface area contributed by atoms with Gasteiger partial charge in [-0.05, 0) is 43.2 Å². The quantitative estimate of drug-likeness (QED) is 0.677. The average molecular weight is 387 g/mol. The number of hydrogen-bond donors (Lipinski definition) is 3. The van der Waals surface area contributed by atoms with Gasteiger partial charge in [0.2, 0.25) is 0 Å². The van der Waals surface area contributed by atoms with E-state index in [1.165, 1.54) is 12.1 Å². The van der Waals surface area contributed by atoms with E-state index in [2.05, 4.69) is 16.0 Å². The van der Waals surface area contributed by atoms with Crippen LogP contribution in [-0.2, 0) is 9.84 Å². The Hall–Kier alpha value is -2.87. The number of hydrogen-bond acceptors (Lipinski definition) is 4. The molecule has 0 saturated heterocycles. The summed E-state index contributed by atoms with van der Waals surface area (Å²) < 4.78 is 24.4. The minimum absolute atomic E-state index is 0.00408. The Kier molecular flexibility index (Phi) is 5.75. The van der Waals surface area contributed by atoms with Crippen LogP contribution in [0.1, 0.15) is 23.2 Å². The van der Waals surface area contributed by atoms with Crippen molar-refractivity contribution in [2.24, 2.45) is 0 Å². The van der Waals surface area contributed by atoms with Gasteiger partial charge in [0.15, 0.2) is 9.84 Å². The van der Waals surface area contributed by atoms with Crippen LogP contribution in [0.15, 0.2) is 59.5 Å². The predicted molar refractivity (Wildman–Crippen MR) is 102 cm³/mol. The largest absolute Gasteiger partial charge is 0.351 e. The second kappa shape index (κ2) is 8.22. The summed E-state index contributed by atoms with van der Waals surface area (Å²) in [5.74, 6) is -0.589. The fraction of sp³-hybridized carbons (Fsp3) is 0.263. The Morgan fingerprint density at radius 3 is 2.44 bits per heavy atom. The molecule has 0 heterocycles. The van der Waals surface area contributed by atoms with Crippen molar-refractivity contribution >= 4 is 27.5 Å². The Morgan fingerprint density at radius 2 is 1.74 bits per heavy atom. The van der Waals surface area contributed by atoms with Crippen LogP contribution in [0, 0.1) is 0 Å². The summed E-state index contributed by atoms with van der Waals surface area (Å²) in [6.45, 7) is -0.00408. The van der Waals surface area contributed by atoms with E-state index >= 15 is 0 Å². The highest BCUT2D eigenvalue weighted by atomic mass is 32.2. The van der Waals surface area contributed by atoms with Crippen LogP contribution in [0.2, 0.25) is 0 Å². The number of carbonyl (C=O) groups is 2. The van der Waals surface area contributed by atoms with Crippen molar-refractivity contribution in [3.8, 4) is 0 Å². The van der Waals surface area contributed by atoms with Gasteiger partial charge in [0, 0.05) is 23.8 Å². The minimum Gasteiger partial charge on any atom is -0.351 e. The van der Waals surface area contributed by atoms with Gasteiger partial charge in [-0.3, -0.25) is 4.79 Å². The standard InChI is InChI=1S/C19H21N3O4S/c23-18(20-11-12-27(25,26)17-7-2-1-3-8-17)14-5-4-6-16(13-14)22-19(24)21-15-9-10-15/h1-8,13,15H,9-12H2,(H,20,23)(H2,21,22,24). The topological polar surface area (TPSA) is 104 Å². The van der Waals surface area contributed by atoms with E-state index in [-0.39, 0.29) is 29.3 Å². The summed E-state index contributed by atoms with van der Waals surface area (Å²) >= 11 is 0. The molecule has 0 aliphatic heterocycles. The van der Waals surface area contributed by atoms with Gasteiger partial charge in [-0.1, -0.05) is 24.3 Å². The Balaban J connectivity index is 1.53. The number of carbonyl (C=O) groups excluding carboxylic acids is 2. The number of anilines is 1. The van der Waals surface area contributed by atoms with Crippen LogP contribution in [0.25, 0.3) is 0 Å². The first-order valence-electron chi connectivity index (χ1n) is 8.68. The van der Waals surface area contributed by atoms with Crippen molar-refractivity contribution in [1.82, 2.24) is 10.6 Å². The maximum absolute atomic E-state index is 12.3. The van der Waals surface area contributed by atoms with Crippen molar-refractivity contribution in [1.29, 1.82) is 0 Å². The van der Waals surface area contributed by atoms with Crippen molar-refractivity contribution in [2.75, 3.05) is 17.6 Å². The van der Waals surface area contributed by atoms with Gasteiger partial charge < -0.3 is 16.0 Å². The van der Waals surface area contributed by atoms with Gasteiger partial charge in [-0.2, -0.15) is 0 Å². The zero-order valence-corrected chi connectivity index (χ0v) is 15.5. The molecule has 2 aromatic rings. The number of amides is 3. The van der Waals surface area contributed by atoms with E-state index < -0.39 is 15.7 Å². The first kappa shape index (κ1) is 18.9. The summed E-state index contributed by atoms with van der Waals surface area (Å²) in [5, 5.41) is 8.09. The number of benzene rings is 2. The molecule has 0 spiro atoms. The number of nitrogens with one attached hydrogen (secondary N) is 3. The predicted octanol–water partition coefficient (Wildman–Crippen LogP) is 2.17. The highest BCUT2D eigenvalue weighted by Gasteiger charge is 2.23. The average Bonchev–Trinajstić information content (AvgIpc) is 3.46. The number of sulfone groups is 1. The molecule has 3 N–H and O–H groups in total. The molecule has 0 radical (unpaired) electrons. The van der Waals surface area contributed by atoms with E-state index in [1.54, 1.807) is 42.5 Å². The highest BCUT2D eigenvalue weighted by molar-refractivity contribution is 7.91. The zero-order chi connectivity index (χ0) is 19.3. The Labute approximate surface area is 158 Å². The van der Waals surface area contributed by atoms with Crippen molar-refractivity contribution in [3.63, 3.8) is 0 Å². The van der Waals surface area contributed by atoms with Gasteiger partial charge in [0.25, 0.3) is 5.91 Å². The molecule has 1 saturated carbocycles. The number of urea groups is 1. The molecule has 1 fully saturated rings. The molecule has 8 heteroatoms. The molecule has 27 heavy (non-hydrogen) atoms. The summed E-state index contributed by atoms with van der Waals surface area (Å²) in [5.41, 5.74) is 0.842. The Bertz CT molecular complexity index is 925. The molecule has 1 aliphatic rings. The molecule has 0 unspecified atom stereocenters. The van der Waals surface area contributed by atoms with Crippen LogP contribution in [-0.4, -0.2) is 38.7 Å². The van der Waals surface area contributed by atoms with Gasteiger partial charge in [0.05, 0.1) is 10.6 Å². The molecular formula is C19H21N3O4S. The van der Waals surface area contributed by atoms with Gasteiger partial charge in [-0.25, -0.2) is 13.2 Å². The molecular weight excluding hydrogens is 366 g/mol. The smallest absolute Gasteiger partial charge is 0.319 e. The second-order valence-corrected chi connectivity index (χ2v) is 8.45.